The van der Waals surface area contributed by atoms with Crippen molar-refractivity contribution in [3.8, 4) is 0 Å². The van der Waals surface area contributed by atoms with Gasteiger partial charge in [0.2, 0.25) is 21.8 Å². The Hall–Kier alpha value is -2.42. The predicted molar refractivity (Wildman–Crippen MR) is 120 cm³/mol. The van der Waals surface area contributed by atoms with Crippen LogP contribution in [0.15, 0.2) is 53.4 Å². The Bertz CT molecular complexity index is 1050. The average Bonchev–Trinajstić information content (AvgIpc) is 3.15. The van der Waals surface area contributed by atoms with Crippen LogP contribution in [0.5, 0.6) is 0 Å². The van der Waals surface area contributed by atoms with Crippen molar-refractivity contribution >= 4 is 39.1 Å². The van der Waals surface area contributed by atoms with Gasteiger partial charge in [0.05, 0.1) is 10.8 Å². The van der Waals surface area contributed by atoms with Gasteiger partial charge in [-0.05, 0) is 35.9 Å². The smallest absolute Gasteiger partial charge is 0.243 e. The zero-order chi connectivity index (χ0) is 22.6. The number of benzene rings is 2. The molecule has 9 heteroatoms. The van der Waals surface area contributed by atoms with E-state index in [1.54, 1.807) is 32.0 Å². The quantitative estimate of drug-likeness (QED) is 0.651. The predicted octanol–water partition coefficient (Wildman–Crippen LogP) is 3.04. The fourth-order valence-electron chi connectivity index (χ4n) is 3.61. The monoisotopic (exact) mass is 463 g/mol. The minimum absolute atomic E-state index is 0.105. The standard InChI is InChI=1S/C22H26ClN3O4S/c1-3-25(4-2)31(29,30)19-11-9-18(10-12-19)26-15-17(13-21(26)27)22(28)24-14-16-7-5-6-8-20(16)23/h5-12,17H,3-4,13-15H2,1-2H3,(H,24,28). The van der Waals surface area contributed by atoms with Gasteiger partial charge in [0, 0.05) is 43.3 Å². The van der Waals surface area contributed by atoms with Crippen molar-refractivity contribution in [3.63, 3.8) is 0 Å². The van der Waals surface area contributed by atoms with Gasteiger partial charge in [0.1, 0.15) is 0 Å². The Morgan fingerprint density at radius 3 is 2.39 bits per heavy atom. The second kappa shape index (κ2) is 9.80. The first-order valence-corrected chi connectivity index (χ1v) is 12.0. The van der Waals surface area contributed by atoms with E-state index in [0.717, 1.165) is 5.56 Å². The minimum Gasteiger partial charge on any atom is -0.352 e. The Labute approximate surface area is 188 Å². The van der Waals surface area contributed by atoms with E-state index in [0.29, 0.717) is 30.3 Å². The topological polar surface area (TPSA) is 86.8 Å². The second-order valence-electron chi connectivity index (χ2n) is 7.30. The number of amides is 2. The molecule has 2 aromatic carbocycles. The molecule has 0 bridgehead atoms. The summed E-state index contributed by atoms with van der Waals surface area (Å²) in [6, 6.07) is 13.5. The molecule has 0 aliphatic carbocycles. The lowest BCUT2D eigenvalue weighted by Gasteiger charge is -2.20. The first-order chi connectivity index (χ1) is 14.8. The van der Waals surface area contributed by atoms with Gasteiger partial charge in [-0.25, -0.2) is 8.42 Å². The number of sulfonamides is 1. The van der Waals surface area contributed by atoms with E-state index in [1.807, 2.05) is 18.2 Å². The Balaban J connectivity index is 1.66. The highest BCUT2D eigenvalue weighted by Crippen LogP contribution is 2.27. The lowest BCUT2D eigenvalue weighted by Crippen LogP contribution is -2.32. The minimum atomic E-state index is -3.56. The summed E-state index contributed by atoms with van der Waals surface area (Å²) < 4.78 is 26.6. The van der Waals surface area contributed by atoms with E-state index < -0.39 is 15.9 Å². The van der Waals surface area contributed by atoms with Gasteiger partial charge in [-0.1, -0.05) is 43.6 Å². The molecule has 1 aliphatic heterocycles. The summed E-state index contributed by atoms with van der Waals surface area (Å²) in [4.78, 5) is 26.8. The van der Waals surface area contributed by atoms with Gasteiger partial charge >= 0.3 is 0 Å². The maximum Gasteiger partial charge on any atom is 0.243 e. The van der Waals surface area contributed by atoms with Crippen molar-refractivity contribution in [2.75, 3.05) is 24.5 Å². The lowest BCUT2D eigenvalue weighted by molar-refractivity contribution is -0.126. The summed E-state index contributed by atoms with van der Waals surface area (Å²) in [5.41, 5.74) is 1.38. The number of hydrogen-bond donors (Lipinski definition) is 1. The van der Waals surface area contributed by atoms with Gasteiger partial charge in [0.15, 0.2) is 0 Å². The number of nitrogens with zero attached hydrogens (tertiary/aromatic N) is 2. The molecule has 0 spiro atoms. The van der Waals surface area contributed by atoms with Gasteiger partial charge in [-0.3, -0.25) is 9.59 Å². The van der Waals surface area contributed by atoms with Crippen LogP contribution in [-0.4, -0.2) is 44.2 Å². The molecule has 1 fully saturated rings. The van der Waals surface area contributed by atoms with Crippen LogP contribution in [0.1, 0.15) is 25.8 Å². The van der Waals surface area contributed by atoms with E-state index in [1.165, 1.54) is 21.3 Å². The zero-order valence-electron chi connectivity index (χ0n) is 17.5. The zero-order valence-corrected chi connectivity index (χ0v) is 19.1. The first-order valence-electron chi connectivity index (χ1n) is 10.2. The molecular formula is C22H26ClN3O4S. The highest BCUT2D eigenvalue weighted by atomic mass is 35.5. The summed E-state index contributed by atoms with van der Waals surface area (Å²) >= 11 is 6.12. The molecule has 0 radical (unpaired) electrons. The Morgan fingerprint density at radius 1 is 1.13 bits per heavy atom. The molecule has 166 valence electrons. The number of carbonyl (C=O) groups is 2. The number of rotatable bonds is 8. The third kappa shape index (κ3) is 5.08. The fourth-order valence-corrected chi connectivity index (χ4v) is 5.27. The summed E-state index contributed by atoms with van der Waals surface area (Å²) in [5, 5.41) is 3.42. The molecule has 1 atom stereocenters. The van der Waals surface area contributed by atoms with Crippen molar-refractivity contribution < 1.29 is 18.0 Å². The molecular weight excluding hydrogens is 438 g/mol. The number of halogens is 1. The summed E-state index contributed by atoms with van der Waals surface area (Å²) in [7, 11) is -3.56. The molecule has 2 aromatic rings. The summed E-state index contributed by atoms with van der Waals surface area (Å²) in [6.45, 7) is 4.88. The number of carbonyl (C=O) groups excluding carboxylic acids is 2. The van der Waals surface area contributed by atoms with Gasteiger partial charge < -0.3 is 10.2 Å². The number of nitrogens with one attached hydrogen (secondary N) is 1. The maximum atomic E-state index is 12.6. The second-order valence-corrected chi connectivity index (χ2v) is 9.64. The van der Waals surface area contributed by atoms with Crippen LogP contribution in [0.3, 0.4) is 0 Å². The van der Waals surface area contributed by atoms with Crippen LogP contribution in [0.25, 0.3) is 0 Å². The lowest BCUT2D eigenvalue weighted by atomic mass is 10.1. The van der Waals surface area contributed by atoms with Crippen molar-refractivity contribution in [1.29, 1.82) is 0 Å². The molecule has 1 N–H and O–H groups in total. The van der Waals surface area contributed by atoms with Crippen molar-refractivity contribution in [2.24, 2.45) is 5.92 Å². The van der Waals surface area contributed by atoms with Crippen LogP contribution >= 0.6 is 11.6 Å². The number of anilines is 1. The van der Waals surface area contributed by atoms with E-state index in [2.05, 4.69) is 5.32 Å². The van der Waals surface area contributed by atoms with E-state index in [9.17, 15) is 18.0 Å². The molecule has 2 amide bonds. The average molecular weight is 464 g/mol. The molecule has 31 heavy (non-hydrogen) atoms. The highest BCUT2D eigenvalue weighted by molar-refractivity contribution is 7.89. The number of hydrogen-bond acceptors (Lipinski definition) is 4. The highest BCUT2D eigenvalue weighted by Gasteiger charge is 2.35. The van der Waals surface area contributed by atoms with Crippen LogP contribution in [0.4, 0.5) is 5.69 Å². The SMILES string of the molecule is CCN(CC)S(=O)(=O)c1ccc(N2CC(C(=O)NCc3ccccc3Cl)CC2=O)cc1. The Morgan fingerprint density at radius 2 is 1.77 bits per heavy atom. The molecule has 1 unspecified atom stereocenters. The summed E-state index contributed by atoms with van der Waals surface area (Å²) in [6.07, 6.45) is 0.105. The van der Waals surface area contributed by atoms with Gasteiger partial charge in [-0.15, -0.1) is 0 Å². The third-order valence-corrected chi connectivity index (χ3v) is 7.83. The van der Waals surface area contributed by atoms with Crippen LogP contribution < -0.4 is 10.2 Å². The fraction of sp³-hybridized carbons (Fsp3) is 0.364. The molecule has 0 aromatic heterocycles. The molecule has 1 saturated heterocycles. The van der Waals surface area contributed by atoms with E-state index in [-0.39, 0.29) is 29.7 Å². The van der Waals surface area contributed by atoms with Crippen LogP contribution in [-0.2, 0) is 26.2 Å². The van der Waals surface area contributed by atoms with E-state index in [4.69, 9.17) is 11.6 Å². The van der Waals surface area contributed by atoms with Gasteiger partial charge in [0.25, 0.3) is 0 Å². The largest absolute Gasteiger partial charge is 0.352 e. The molecule has 1 aliphatic rings. The van der Waals surface area contributed by atoms with Crippen molar-refractivity contribution in [1.82, 2.24) is 9.62 Å². The molecule has 7 nitrogen and oxygen atoms in total. The third-order valence-electron chi connectivity index (χ3n) is 5.40. The molecule has 0 saturated carbocycles. The van der Waals surface area contributed by atoms with E-state index >= 15 is 0 Å². The van der Waals surface area contributed by atoms with Gasteiger partial charge in [-0.2, -0.15) is 4.31 Å². The normalized spacial score (nSPS) is 16.7. The van der Waals surface area contributed by atoms with Crippen LogP contribution in [0, 0.1) is 5.92 Å². The van der Waals surface area contributed by atoms with Crippen molar-refractivity contribution in [2.45, 2.75) is 31.7 Å². The Kier molecular flexibility index (Phi) is 7.35. The molecule has 3 rings (SSSR count). The first kappa shape index (κ1) is 23.2. The van der Waals surface area contributed by atoms with Crippen molar-refractivity contribution in [3.05, 3.63) is 59.1 Å². The maximum absolute atomic E-state index is 12.6. The molecule has 1 heterocycles. The van der Waals surface area contributed by atoms with Crippen LogP contribution in [0.2, 0.25) is 5.02 Å². The summed E-state index contributed by atoms with van der Waals surface area (Å²) in [5.74, 6) is -0.859.